The zero-order chi connectivity index (χ0) is 28.9. The van der Waals surface area contributed by atoms with Crippen molar-refractivity contribution in [2.45, 2.75) is 88.4 Å². The molecule has 1 saturated carbocycles. The van der Waals surface area contributed by atoms with Gasteiger partial charge in [-0.1, -0.05) is 43.5 Å². The van der Waals surface area contributed by atoms with Crippen molar-refractivity contribution in [2.75, 3.05) is 18.8 Å². The molecule has 1 aliphatic heterocycles. The Morgan fingerprint density at radius 2 is 1.75 bits per heavy atom. The third-order valence-corrected chi connectivity index (χ3v) is 9.36. The number of phenolic OH excluding ortho intramolecular Hbond substituents is 1. The standard InChI is InChI=1S/C32H45N3O4S/c1-21-25(15-10-16-28(21)36)30(38)33-26(20-40-24-13-6-5-7-14-24)29(37)19-35-18-23-12-9-8-11-22(23)17-27(35)31(39)34-32(2,3)4/h5-7,10,13-16,22-23,26-27,29,36-37H,8-9,11-12,17-20H2,1-4H3,(H,33,38)(H,34,39)/t22-,23-,26-,27-,29-/m0/s1. The number of phenols is 1. The molecule has 40 heavy (non-hydrogen) atoms. The zero-order valence-electron chi connectivity index (χ0n) is 24.2. The van der Waals surface area contributed by atoms with Crippen LogP contribution in [-0.4, -0.2) is 69.5 Å². The molecule has 7 nitrogen and oxygen atoms in total. The van der Waals surface area contributed by atoms with Crippen LogP contribution >= 0.6 is 11.8 Å². The number of piperidine rings is 1. The molecule has 8 heteroatoms. The summed E-state index contributed by atoms with van der Waals surface area (Å²) >= 11 is 1.57. The fraction of sp³-hybridized carbons (Fsp3) is 0.562. The van der Waals surface area contributed by atoms with Gasteiger partial charge < -0.3 is 20.8 Å². The number of nitrogens with zero attached hydrogens (tertiary/aromatic N) is 1. The number of nitrogens with one attached hydrogen (secondary N) is 2. The van der Waals surface area contributed by atoms with Crippen molar-refractivity contribution >= 4 is 23.6 Å². The van der Waals surface area contributed by atoms with Crippen LogP contribution in [0.15, 0.2) is 53.4 Å². The van der Waals surface area contributed by atoms with E-state index < -0.39 is 12.1 Å². The predicted octanol–water partition coefficient (Wildman–Crippen LogP) is 4.75. The summed E-state index contributed by atoms with van der Waals surface area (Å²) in [6, 6.07) is 13.9. The van der Waals surface area contributed by atoms with Gasteiger partial charge in [0.05, 0.1) is 18.2 Å². The van der Waals surface area contributed by atoms with Crippen LogP contribution in [-0.2, 0) is 4.79 Å². The molecule has 218 valence electrons. The SMILES string of the molecule is Cc1c(O)cccc1C(=O)N[C@@H](CSc1ccccc1)[C@@H](O)CN1C[C@@H]2CCCC[C@H]2C[C@H]1C(=O)NC(C)(C)C. The molecular formula is C32H45N3O4S. The first-order valence-electron chi connectivity index (χ1n) is 14.5. The van der Waals surface area contributed by atoms with Gasteiger partial charge in [0.1, 0.15) is 5.75 Å². The van der Waals surface area contributed by atoms with Gasteiger partial charge in [0.15, 0.2) is 0 Å². The molecule has 4 N–H and O–H groups in total. The van der Waals surface area contributed by atoms with Crippen LogP contribution in [0.3, 0.4) is 0 Å². The number of carbonyl (C=O) groups excluding carboxylic acids is 2. The average Bonchev–Trinajstić information content (AvgIpc) is 2.91. The lowest BCUT2D eigenvalue weighted by molar-refractivity contribution is -0.132. The van der Waals surface area contributed by atoms with Gasteiger partial charge in [-0.25, -0.2) is 0 Å². The normalized spacial score (nSPS) is 23.1. The maximum absolute atomic E-state index is 13.5. The molecule has 0 bridgehead atoms. The Morgan fingerprint density at radius 3 is 2.45 bits per heavy atom. The number of amides is 2. The van der Waals surface area contributed by atoms with Crippen molar-refractivity contribution in [2.24, 2.45) is 11.8 Å². The van der Waals surface area contributed by atoms with Crippen molar-refractivity contribution < 1.29 is 19.8 Å². The van der Waals surface area contributed by atoms with Gasteiger partial charge in [0.25, 0.3) is 5.91 Å². The van der Waals surface area contributed by atoms with Gasteiger partial charge in [-0.05, 0) is 76.6 Å². The third kappa shape index (κ3) is 8.02. The summed E-state index contributed by atoms with van der Waals surface area (Å²) in [6.45, 7) is 8.76. The highest BCUT2D eigenvalue weighted by atomic mass is 32.2. The lowest BCUT2D eigenvalue weighted by atomic mass is 9.72. The fourth-order valence-electron chi connectivity index (χ4n) is 6.06. The molecule has 1 saturated heterocycles. The van der Waals surface area contributed by atoms with Crippen molar-refractivity contribution in [1.29, 1.82) is 0 Å². The minimum absolute atomic E-state index is 0.0124. The largest absolute Gasteiger partial charge is 0.508 e. The van der Waals surface area contributed by atoms with Crippen molar-refractivity contribution in [3.8, 4) is 5.75 Å². The molecule has 5 atom stereocenters. The maximum atomic E-state index is 13.5. The Labute approximate surface area is 243 Å². The van der Waals surface area contributed by atoms with E-state index in [4.69, 9.17) is 0 Å². The number of likely N-dealkylation sites (tertiary alicyclic amines) is 1. The Hall–Kier alpha value is -2.55. The Morgan fingerprint density at radius 1 is 1.05 bits per heavy atom. The maximum Gasteiger partial charge on any atom is 0.252 e. The number of hydrogen-bond donors (Lipinski definition) is 4. The summed E-state index contributed by atoms with van der Waals surface area (Å²) < 4.78 is 0. The number of benzene rings is 2. The van der Waals surface area contributed by atoms with Crippen LogP contribution in [0.5, 0.6) is 5.75 Å². The summed E-state index contributed by atoms with van der Waals surface area (Å²) in [7, 11) is 0. The smallest absolute Gasteiger partial charge is 0.252 e. The highest BCUT2D eigenvalue weighted by molar-refractivity contribution is 7.99. The second kappa shape index (κ2) is 13.4. The van der Waals surface area contributed by atoms with Crippen molar-refractivity contribution in [3.05, 3.63) is 59.7 Å². The topological polar surface area (TPSA) is 102 Å². The minimum Gasteiger partial charge on any atom is -0.508 e. The Balaban J connectivity index is 1.54. The molecule has 2 amide bonds. The molecule has 0 radical (unpaired) electrons. The number of thioether (sulfide) groups is 1. The molecule has 2 aromatic rings. The van der Waals surface area contributed by atoms with Gasteiger partial charge >= 0.3 is 0 Å². The second-order valence-corrected chi connectivity index (χ2v) is 13.6. The number of aliphatic hydroxyl groups excluding tert-OH is 1. The highest BCUT2D eigenvalue weighted by Crippen LogP contribution is 2.39. The highest BCUT2D eigenvalue weighted by Gasteiger charge is 2.41. The number of carbonyl (C=O) groups is 2. The summed E-state index contributed by atoms with van der Waals surface area (Å²) in [5.41, 5.74) is 0.543. The van der Waals surface area contributed by atoms with Crippen LogP contribution in [0, 0.1) is 18.8 Å². The first kappa shape index (κ1) is 30.4. The van der Waals surface area contributed by atoms with Crippen molar-refractivity contribution in [3.63, 3.8) is 0 Å². The zero-order valence-corrected chi connectivity index (χ0v) is 25.0. The Bertz CT molecular complexity index is 1150. The summed E-state index contributed by atoms with van der Waals surface area (Å²) in [5.74, 6) is 1.27. The predicted molar refractivity (Wildman–Crippen MR) is 161 cm³/mol. The minimum atomic E-state index is -0.886. The van der Waals surface area contributed by atoms with Gasteiger partial charge in [-0.3, -0.25) is 14.5 Å². The monoisotopic (exact) mass is 567 g/mol. The van der Waals surface area contributed by atoms with Crippen LogP contribution in [0.2, 0.25) is 0 Å². The third-order valence-electron chi connectivity index (χ3n) is 8.23. The number of aromatic hydroxyl groups is 1. The molecule has 2 aromatic carbocycles. The van der Waals surface area contributed by atoms with E-state index in [1.165, 1.54) is 12.8 Å². The van der Waals surface area contributed by atoms with Gasteiger partial charge in [-0.15, -0.1) is 11.8 Å². The fourth-order valence-corrected chi connectivity index (χ4v) is 7.09. The number of fused-ring (bicyclic) bond motifs is 1. The van der Waals surface area contributed by atoms with Crippen LogP contribution < -0.4 is 10.6 Å². The van der Waals surface area contributed by atoms with E-state index >= 15 is 0 Å². The van der Waals surface area contributed by atoms with Crippen LogP contribution in [0.25, 0.3) is 0 Å². The first-order valence-corrected chi connectivity index (χ1v) is 15.5. The van der Waals surface area contributed by atoms with Crippen LogP contribution in [0.1, 0.15) is 68.8 Å². The van der Waals surface area contributed by atoms with Gasteiger partial charge in [0.2, 0.25) is 5.91 Å². The van der Waals surface area contributed by atoms with E-state index in [0.29, 0.717) is 35.3 Å². The lowest BCUT2D eigenvalue weighted by Gasteiger charge is -2.47. The molecular weight excluding hydrogens is 522 g/mol. The lowest BCUT2D eigenvalue weighted by Crippen LogP contribution is -2.60. The molecule has 1 aliphatic carbocycles. The summed E-state index contributed by atoms with van der Waals surface area (Å²) in [5, 5.41) is 28.0. The van der Waals surface area contributed by atoms with Crippen molar-refractivity contribution in [1.82, 2.24) is 15.5 Å². The van der Waals surface area contributed by atoms with E-state index in [0.717, 1.165) is 30.7 Å². The molecule has 2 fully saturated rings. The number of rotatable bonds is 9. The molecule has 0 unspecified atom stereocenters. The number of hydrogen-bond acceptors (Lipinski definition) is 6. The summed E-state index contributed by atoms with van der Waals surface area (Å²) in [6.07, 6.45) is 4.67. The first-order chi connectivity index (χ1) is 19.0. The van der Waals surface area contributed by atoms with Gasteiger partial charge in [0, 0.05) is 40.4 Å². The summed E-state index contributed by atoms with van der Waals surface area (Å²) in [4.78, 5) is 30.0. The van der Waals surface area contributed by atoms with E-state index in [-0.39, 0.29) is 29.1 Å². The van der Waals surface area contributed by atoms with Gasteiger partial charge in [-0.2, -0.15) is 0 Å². The molecule has 0 aromatic heterocycles. The number of β-amino-alcohol motifs (C(OH)–C–C–N with tert-alkyl or cyclic N) is 1. The molecule has 2 aliphatic rings. The van der Waals surface area contributed by atoms with E-state index in [9.17, 15) is 19.8 Å². The van der Waals surface area contributed by atoms with Crippen LogP contribution in [0.4, 0.5) is 0 Å². The van der Waals surface area contributed by atoms with E-state index in [2.05, 4.69) is 15.5 Å². The molecule has 4 rings (SSSR count). The van der Waals surface area contributed by atoms with E-state index in [1.54, 1.807) is 36.9 Å². The Kier molecular flexibility index (Phi) is 10.2. The number of aliphatic hydroxyl groups is 1. The average molecular weight is 568 g/mol. The van der Waals surface area contributed by atoms with E-state index in [1.807, 2.05) is 51.1 Å². The second-order valence-electron chi connectivity index (χ2n) is 12.5. The molecule has 1 heterocycles. The quantitative estimate of drug-likeness (QED) is 0.327. The molecule has 0 spiro atoms.